The molecular formula is C80H93Cl3N20O3S3. The van der Waals surface area contributed by atoms with Crippen LogP contribution in [0.15, 0.2) is 112 Å². The Labute approximate surface area is 664 Å². The quantitative estimate of drug-likeness (QED) is 0.0601. The van der Waals surface area contributed by atoms with Crippen LogP contribution in [-0.2, 0) is 20.8 Å². The molecule has 10 aromatic rings. The number of amides is 3. The molecule has 5 aliphatic heterocycles. The number of thiophene rings is 3. The van der Waals surface area contributed by atoms with E-state index in [0.717, 1.165) is 173 Å². The number of aliphatic imine (C=N–C) groups is 3. The second-order valence-corrected chi connectivity index (χ2v) is 33.4. The monoisotopic (exact) mass is 1580 g/mol. The Hall–Kier alpha value is -8.54. The second-order valence-electron chi connectivity index (χ2n) is 28.5. The summed E-state index contributed by atoms with van der Waals surface area (Å²) in [5.74, 6) is 4.46. The molecule has 12 heterocycles. The predicted molar refractivity (Wildman–Crippen MR) is 438 cm³/mol. The van der Waals surface area contributed by atoms with Crippen LogP contribution in [-0.4, -0.2) is 203 Å². The van der Waals surface area contributed by atoms with Gasteiger partial charge in [-0.1, -0.05) is 77.3 Å². The molecule has 7 aromatic heterocycles. The minimum atomic E-state index is -0.473. The van der Waals surface area contributed by atoms with E-state index >= 15 is 0 Å². The van der Waals surface area contributed by atoms with Crippen molar-refractivity contribution in [2.24, 2.45) is 15.0 Å². The maximum atomic E-state index is 13.1. The topological polar surface area (TPSA) is 242 Å². The summed E-state index contributed by atoms with van der Waals surface area (Å²) in [6, 6.07) is 25.8. The van der Waals surface area contributed by atoms with Gasteiger partial charge in [-0.2, -0.15) is 0 Å². The van der Waals surface area contributed by atoms with Gasteiger partial charge in [-0.3, -0.25) is 48.0 Å². The average Bonchev–Trinajstić information content (AvgIpc) is 1.60. The first-order valence-corrected chi connectivity index (χ1v) is 40.7. The van der Waals surface area contributed by atoms with Crippen molar-refractivity contribution in [1.29, 1.82) is 0 Å². The summed E-state index contributed by atoms with van der Waals surface area (Å²) in [4.78, 5) is 71.8. The normalized spacial score (nSPS) is 17.0. The van der Waals surface area contributed by atoms with Gasteiger partial charge in [-0.05, 0) is 173 Å². The summed E-state index contributed by atoms with van der Waals surface area (Å²) in [5.41, 5.74) is 13.4. The number of rotatable bonds is 20. The number of carbonyl (C=O) groups excluding carboxylic acids is 3. The number of nitrogens with zero attached hydrogens (tertiary/aromatic N) is 17. The molecule has 5 aliphatic rings. The highest BCUT2D eigenvalue weighted by Crippen LogP contribution is 2.43. The van der Waals surface area contributed by atoms with Gasteiger partial charge in [0, 0.05) is 154 Å². The van der Waals surface area contributed by atoms with Crippen LogP contribution in [0.3, 0.4) is 0 Å². The van der Waals surface area contributed by atoms with Crippen molar-refractivity contribution in [1.82, 2.24) is 84.8 Å². The predicted octanol–water partition coefficient (Wildman–Crippen LogP) is 12.8. The smallest absolute Gasteiger partial charge is 0.222 e. The number of carbonyl (C=O) groups is 3. The first-order valence-electron chi connectivity index (χ1n) is 37.2. The van der Waals surface area contributed by atoms with E-state index in [9.17, 15) is 14.4 Å². The maximum absolute atomic E-state index is 13.1. The molecule has 0 bridgehead atoms. The Morgan fingerprint density at radius 1 is 0.450 bits per heavy atom. The molecule has 3 N–H and O–H groups in total. The third kappa shape index (κ3) is 18.1. The number of hydrogen-bond acceptors (Lipinski definition) is 20. The van der Waals surface area contributed by atoms with Crippen LogP contribution in [0, 0.1) is 62.3 Å². The van der Waals surface area contributed by atoms with E-state index in [0.29, 0.717) is 59.2 Å². The fourth-order valence-corrected chi connectivity index (χ4v) is 18.2. The van der Waals surface area contributed by atoms with Crippen LogP contribution in [0.4, 0.5) is 0 Å². The molecule has 0 unspecified atom stereocenters. The number of aryl methyl sites for hydroxylation is 6. The van der Waals surface area contributed by atoms with Crippen LogP contribution < -0.4 is 16.0 Å². The largest absolute Gasteiger partial charge is 0.356 e. The van der Waals surface area contributed by atoms with Crippen LogP contribution in [0.25, 0.3) is 15.0 Å². The number of hydrogen-bond donors (Lipinski definition) is 3. The van der Waals surface area contributed by atoms with Crippen LogP contribution in [0.5, 0.6) is 0 Å². The SMILES string of the molecule is Cc1sc2c(c1C)C(c1ccc(Cl)cc1)=N[C@@H](CC(=O)NCCCN1CCN(C)CC1)c1nnc(C)n1-2.Cc1sc2c(c1C)C(c1ccc(Cl)cc1)=N[C@@H](CC(=O)NCCc1cccnc1)c1nnc(C)n1-2.Cc1sc2c(c1C)C(c1ccc(Cl)cc1)=N[C@@H](CNC(=O)CCCN1CCN(C)CC1)c1nnc(C)n1-2. The lowest BCUT2D eigenvalue weighted by atomic mass is 9.99. The van der Waals surface area contributed by atoms with Gasteiger partial charge >= 0.3 is 0 Å². The Bertz CT molecular complexity index is 5000. The van der Waals surface area contributed by atoms with Crippen molar-refractivity contribution in [2.45, 2.75) is 119 Å². The number of pyridine rings is 1. The Morgan fingerprint density at radius 2 is 0.826 bits per heavy atom. The van der Waals surface area contributed by atoms with Crippen LogP contribution >= 0.6 is 68.8 Å². The number of aromatic nitrogens is 10. The number of fused-ring (bicyclic) bond motifs is 9. The summed E-state index contributed by atoms with van der Waals surface area (Å²) in [6.07, 6.45) is 6.96. The fourth-order valence-electron chi connectivity index (χ4n) is 14.2. The second kappa shape index (κ2) is 35.2. The van der Waals surface area contributed by atoms with E-state index in [1.165, 1.54) is 31.3 Å². The maximum Gasteiger partial charge on any atom is 0.222 e. The van der Waals surface area contributed by atoms with Crippen molar-refractivity contribution < 1.29 is 14.4 Å². The summed E-state index contributed by atoms with van der Waals surface area (Å²) in [6.45, 7) is 30.8. The fraction of sp³-hybridized carbons (Fsp3) is 0.412. The van der Waals surface area contributed by atoms with Gasteiger partial charge in [0.05, 0.1) is 30.0 Å². The molecule has 109 heavy (non-hydrogen) atoms. The molecule has 0 saturated carbocycles. The zero-order valence-electron chi connectivity index (χ0n) is 63.6. The highest BCUT2D eigenvalue weighted by atomic mass is 35.5. The first-order chi connectivity index (χ1) is 52.5. The van der Waals surface area contributed by atoms with E-state index in [1.807, 2.05) is 112 Å². The number of nitrogens with one attached hydrogen (secondary N) is 3. The highest BCUT2D eigenvalue weighted by Gasteiger charge is 2.36. The van der Waals surface area contributed by atoms with E-state index in [2.05, 4.69) is 140 Å². The molecule has 15 rings (SSSR count). The standard InChI is InChI=1S/2C27H34ClN7OS.C26H25ClN6OS/c1-17-18(2)37-27-24(17)25(20-6-8-21(28)9-7-20)30-22(26-32-31-19(3)35(26)27)16-23(36)29-10-5-11-34-14-12-33(4)13-15-34;1-17-18(2)37-27-24(17)25(20-7-9-21(28)10-8-20)30-22(26-32-31-19(3)35(26)27)16-29-23(36)6-5-11-34-14-12-33(4)13-15-34;1-15-16(2)35-26-23(15)24(19-6-8-20(27)9-7-19)30-21(25-32-31-17(3)33(25)26)13-22(34)29-12-10-18-5-4-11-28-14-18/h6-9,22H,5,10-16H2,1-4H3,(H,29,36);7-10,22H,5-6,11-16H2,1-4H3,(H,29,36);4-9,11,14,21H,10,12-13H2,1-3H3,(H,29,34)/t2*22-;21-/m000/s1. The summed E-state index contributed by atoms with van der Waals surface area (Å²) >= 11 is 23.7. The minimum Gasteiger partial charge on any atom is -0.356 e. The molecule has 3 aromatic carbocycles. The third-order valence-corrected chi connectivity index (χ3v) is 25.2. The van der Waals surface area contributed by atoms with Crippen molar-refractivity contribution in [3.05, 3.63) is 218 Å². The van der Waals surface area contributed by atoms with Gasteiger partial charge in [0.2, 0.25) is 17.7 Å². The van der Waals surface area contributed by atoms with E-state index < -0.39 is 12.1 Å². The molecule has 2 saturated heterocycles. The highest BCUT2D eigenvalue weighted by molar-refractivity contribution is 7.15. The summed E-state index contributed by atoms with van der Waals surface area (Å²) in [5, 5.41) is 41.0. The molecule has 23 nitrogen and oxygen atoms in total. The lowest BCUT2D eigenvalue weighted by Crippen LogP contribution is -2.45. The Kier molecular flexibility index (Phi) is 25.4. The van der Waals surface area contributed by atoms with Gasteiger partial charge in [-0.15, -0.1) is 64.6 Å². The molecule has 3 atom stereocenters. The van der Waals surface area contributed by atoms with Crippen LogP contribution in [0.1, 0.15) is 155 Å². The lowest BCUT2D eigenvalue weighted by molar-refractivity contribution is -0.122. The van der Waals surface area contributed by atoms with E-state index in [-0.39, 0.29) is 36.6 Å². The molecule has 0 radical (unpaired) electrons. The molecular weight excluding hydrogens is 1490 g/mol. The molecule has 3 amide bonds. The molecule has 570 valence electrons. The van der Waals surface area contributed by atoms with Gasteiger partial charge in [0.15, 0.2) is 17.5 Å². The number of benzene rings is 3. The van der Waals surface area contributed by atoms with E-state index in [4.69, 9.17) is 49.8 Å². The van der Waals surface area contributed by atoms with Crippen LogP contribution in [0.2, 0.25) is 15.1 Å². The van der Waals surface area contributed by atoms with Gasteiger partial charge in [-0.25, -0.2) is 0 Å². The number of halogens is 3. The van der Waals surface area contributed by atoms with Gasteiger partial charge in [0.1, 0.15) is 50.6 Å². The first kappa shape index (κ1) is 78.6. The van der Waals surface area contributed by atoms with E-state index in [1.54, 1.807) is 40.2 Å². The Morgan fingerprint density at radius 3 is 1.22 bits per heavy atom. The van der Waals surface area contributed by atoms with Crippen molar-refractivity contribution in [3.8, 4) is 15.0 Å². The number of likely N-dealkylation sites (N-methyl/N-ethyl adjacent to an activating group) is 2. The minimum absolute atomic E-state index is 0.0204. The summed E-state index contributed by atoms with van der Waals surface area (Å²) in [7, 11) is 4.32. The molecule has 29 heteroatoms. The Balaban J connectivity index is 0.000000144. The van der Waals surface area contributed by atoms with Gasteiger partial charge < -0.3 is 35.6 Å². The van der Waals surface area contributed by atoms with Crippen molar-refractivity contribution in [3.63, 3.8) is 0 Å². The third-order valence-electron chi connectivity index (χ3n) is 20.8. The lowest BCUT2D eigenvalue weighted by Gasteiger charge is -2.32. The number of piperazine rings is 2. The average molecular weight is 1590 g/mol. The molecule has 0 spiro atoms. The zero-order chi connectivity index (χ0) is 76.7. The zero-order valence-corrected chi connectivity index (χ0v) is 68.3. The molecule has 2 fully saturated rings. The van der Waals surface area contributed by atoms with Crippen molar-refractivity contribution >= 4 is 104 Å². The summed E-state index contributed by atoms with van der Waals surface area (Å²) < 4.78 is 6.24. The molecule has 0 aliphatic carbocycles. The van der Waals surface area contributed by atoms with Crippen molar-refractivity contribution in [2.75, 3.05) is 99.2 Å². The van der Waals surface area contributed by atoms with Gasteiger partial charge in [0.25, 0.3) is 0 Å².